The Labute approximate surface area is 179 Å². The topological polar surface area (TPSA) is 49.4 Å². The van der Waals surface area contributed by atoms with Crippen LogP contribution in [-0.2, 0) is 22.4 Å². The lowest BCUT2D eigenvalue weighted by molar-refractivity contribution is -0.140. The number of hydrogen-bond donors (Lipinski definition) is 1. The lowest BCUT2D eigenvalue weighted by atomic mass is 10.1. The van der Waals surface area contributed by atoms with Crippen LogP contribution < -0.4 is 5.32 Å². The van der Waals surface area contributed by atoms with Crippen molar-refractivity contribution in [1.29, 1.82) is 0 Å². The van der Waals surface area contributed by atoms with Gasteiger partial charge in [0.15, 0.2) is 0 Å². The van der Waals surface area contributed by atoms with E-state index >= 15 is 0 Å². The number of nitrogens with one attached hydrogen (secondary N) is 1. The fraction of sp³-hybridized carbons (Fsp3) is 0.417. The molecule has 0 saturated heterocycles. The van der Waals surface area contributed by atoms with Gasteiger partial charge in [-0.25, -0.2) is 0 Å². The lowest BCUT2D eigenvalue weighted by Crippen LogP contribution is -2.52. The van der Waals surface area contributed by atoms with E-state index in [0.717, 1.165) is 17.5 Å². The third-order valence-electron chi connectivity index (χ3n) is 5.12. The van der Waals surface area contributed by atoms with E-state index in [9.17, 15) is 9.59 Å². The molecule has 2 aromatic carbocycles. The number of amides is 2. The highest BCUT2D eigenvalue weighted by Crippen LogP contribution is 2.15. The fourth-order valence-electron chi connectivity index (χ4n) is 3.26. The minimum absolute atomic E-state index is 0.0608. The number of halogens is 1. The molecule has 2 atom stereocenters. The molecule has 0 heterocycles. The van der Waals surface area contributed by atoms with Crippen LogP contribution in [0.15, 0.2) is 54.6 Å². The van der Waals surface area contributed by atoms with Crippen molar-refractivity contribution in [3.05, 3.63) is 70.7 Å². The van der Waals surface area contributed by atoms with Crippen molar-refractivity contribution in [1.82, 2.24) is 10.2 Å². The van der Waals surface area contributed by atoms with E-state index in [1.807, 2.05) is 63.2 Å². The second-order valence-corrected chi connectivity index (χ2v) is 7.81. The van der Waals surface area contributed by atoms with Gasteiger partial charge in [-0.1, -0.05) is 67.9 Å². The fourth-order valence-corrected chi connectivity index (χ4v) is 3.47. The second-order valence-electron chi connectivity index (χ2n) is 7.37. The Morgan fingerprint density at radius 3 is 2.31 bits per heavy atom. The molecule has 0 aliphatic carbocycles. The number of hydrogen-bond acceptors (Lipinski definition) is 2. The van der Waals surface area contributed by atoms with Crippen LogP contribution in [0.3, 0.4) is 0 Å². The number of rotatable bonds is 10. The van der Waals surface area contributed by atoms with Crippen LogP contribution >= 0.6 is 11.6 Å². The number of nitrogens with zero attached hydrogens (tertiary/aromatic N) is 1. The van der Waals surface area contributed by atoms with Crippen LogP contribution in [0.5, 0.6) is 0 Å². The first-order valence-corrected chi connectivity index (χ1v) is 10.7. The number of benzene rings is 2. The number of carbonyl (C=O) groups is 2. The van der Waals surface area contributed by atoms with Gasteiger partial charge in [0.05, 0.1) is 6.42 Å². The molecule has 0 unspecified atom stereocenters. The molecule has 0 aromatic heterocycles. The molecule has 2 amide bonds. The predicted molar refractivity (Wildman–Crippen MR) is 119 cm³/mol. The highest BCUT2D eigenvalue weighted by molar-refractivity contribution is 6.30. The van der Waals surface area contributed by atoms with Crippen molar-refractivity contribution in [3.63, 3.8) is 0 Å². The smallest absolute Gasteiger partial charge is 0.243 e. The van der Waals surface area contributed by atoms with Crippen molar-refractivity contribution in [3.8, 4) is 0 Å². The Morgan fingerprint density at radius 2 is 1.69 bits per heavy atom. The maximum absolute atomic E-state index is 13.2. The largest absolute Gasteiger partial charge is 0.352 e. The molecular formula is C24H31ClN2O2. The molecule has 0 fully saturated rings. The zero-order chi connectivity index (χ0) is 21.2. The summed E-state index contributed by atoms with van der Waals surface area (Å²) >= 11 is 6.07. The molecule has 2 rings (SSSR count). The van der Waals surface area contributed by atoms with Crippen molar-refractivity contribution < 1.29 is 9.59 Å². The summed E-state index contributed by atoms with van der Waals surface area (Å²) in [6.07, 6.45) is 2.35. The maximum Gasteiger partial charge on any atom is 0.243 e. The van der Waals surface area contributed by atoms with E-state index in [-0.39, 0.29) is 24.3 Å². The zero-order valence-corrected chi connectivity index (χ0v) is 18.3. The van der Waals surface area contributed by atoms with Gasteiger partial charge in [0.25, 0.3) is 0 Å². The highest BCUT2D eigenvalue weighted by atomic mass is 35.5. The first-order valence-electron chi connectivity index (χ1n) is 10.3. The summed E-state index contributed by atoms with van der Waals surface area (Å²) in [4.78, 5) is 27.8. The Morgan fingerprint density at radius 1 is 1.00 bits per heavy atom. The molecule has 0 bridgehead atoms. The van der Waals surface area contributed by atoms with E-state index in [4.69, 9.17) is 11.6 Å². The Bertz CT molecular complexity index is 794. The van der Waals surface area contributed by atoms with Crippen molar-refractivity contribution in [2.24, 2.45) is 0 Å². The van der Waals surface area contributed by atoms with Crippen molar-refractivity contribution >= 4 is 23.4 Å². The molecule has 156 valence electrons. The van der Waals surface area contributed by atoms with Crippen LogP contribution in [0.4, 0.5) is 0 Å². The third-order valence-corrected chi connectivity index (χ3v) is 5.35. The van der Waals surface area contributed by atoms with E-state index in [1.54, 1.807) is 17.0 Å². The standard InChI is InChI=1S/C24H31ClN2O2/c1-4-18(3)26-24(29)22(5-2)27(15-14-19-10-7-6-8-11-19)23(28)17-20-12-9-13-21(25)16-20/h6-13,16,18,22H,4-5,14-15,17H2,1-3H3,(H,26,29)/t18-,22+/m0/s1. The molecule has 4 nitrogen and oxygen atoms in total. The first-order chi connectivity index (χ1) is 13.9. The summed E-state index contributed by atoms with van der Waals surface area (Å²) < 4.78 is 0. The molecular weight excluding hydrogens is 384 g/mol. The third kappa shape index (κ3) is 7.21. The van der Waals surface area contributed by atoms with Gasteiger partial charge >= 0.3 is 0 Å². The van der Waals surface area contributed by atoms with Gasteiger partial charge in [-0.05, 0) is 49.4 Å². The van der Waals surface area contributed by atoms with Gasteiger partial charge in [-0.15, -0.1) is 0 Å². The summed E-state index contributed by atoms with van der Waals surface area (Å²) in [5.74, 6) is -0.149. The average Bonchev–Trinajstić information content (AvgIpc) is 2.71. The highest BCUT2D eigenvalue weighted by Gasteiger charge is 2.28. The molecule has 0 aliphatic rings. The van der Waals surface area contributed by atoms with Gasteiger partial charge in [-0.2, -0.15) is 0 Å². The van der Waals surface area contributed by atoms with Crippen molar-refractivity contribution in [2.75, 3.05) is 6.54 Å². The van der Waals surface area contributed by atoms with Crippen LogP contribution in [0.2, 0.25) is 5.02 Å². The van der Waals surface area contributed by atoms with Crippen molar-refractivity contribution in [2.45, 2.75) is 58.5 Å². The molecule has 5 heteroatoms. The van der Waals surface area contributed by atoms with Crippen LogP contribution in [-0.4, -0.2) is 35.3 Å². The quantitative estimate of drug-likeness (QED) is 0.615. The summed E-state index contributed by atoms with van der Waals surface area (Å²) in [6.45, 7) is 6.45. The van der Waals surface area contributed by atoms with E-state index in [1.165, 1.54) is 0 Å². The molecule has 0 radical (unpaired) electrons. The Balaban J connectivity index is 2.20. The molecule has 1 N–H and O–H groups in total. The van der Waals surface area contributed by atoms with Gasteiger partial charge in [0, 0.05) is 17.6 Å². The first kappa shape index (κ1) is 23.0. The van der Waals surface area contributed by atoms with Crippen LogP contribution in [0.1, 0.15) is 44.7 Å². The molecule has 2 aromatic rings. The van der Waals surface area contributed by atoms with Crippen LogP contribution in [0, 0.1) is 0 Å². The van der Waals surface area contributed by atoms with Gasteiger partial charge < -0.3 is 10.2 Å². The van der Waals surface area contributed by atoms with Gasteiger partial charge in [0.2, 0.25) is 11.8 Å². The minimum atomic E-state index is -0.487. The Hall–Kier alpha value is -2.33. The Kier molecular flexibility index (Phi) is 9.20. The molecule has 0 spiro atoms. The molecule has 29 heavy (non-hydrogen) atoms. The second kappa shape index (κ2) is 11.6. The average molecular weight is 415 g/mol. The summed E-state index contributed by atoms with van der Waals surface area (Å²) in [6, 6.07) is 16.9. The monoisotopic (exact) mass is 414 g/mol. The molecule has 0 saturated carbocycles. The summed E-state index contributed by atoms with van der Waals surface area (Å²) in [7, 11) is 0. The van der Waals surface area contributed by atoms with E-state index in [2.05, 4.69) is 5.32 Å². The normalized spacial score (nSPS) is 12.8. The zero-order valence-electron chi connectivity index (χ0n) is 17.5. The lowest BCUT2D eigenvalue weighted by Gasteiger charge is -2.31. The molecule has 0 aliphatic heterocycles. The van der Waals surface area contributed by atoms with Gasteiger partial charge in [-0.3, -0.25) is 9.59 Å². The SMILES string of the molecule is CC[C@H](C(=O)N[C@@H](C)CC)N(CCc1ccccc1)C(=O)Cc1cccc(Cl)c1. The van der Waals surface area contributed by atoms with Gasteiger partial charge in [0.1, 0.15) is 6.04 Å². The maximum atomic E-state index is 13.2. The van der Waals surface area contributed by atoms with E-state index in [0.29, 0.717) is 24.4 Å². The van der Waals surface area contributed by atoms with E-state index < -0.39 is 6.04 Å². The van der Waals surface area contributed by atoms with Crippen LogP contribution in [0.25, 0.3) is 0 Å². The summed E-state index contributed by atoms with van der Waals surface area (Å²) in [5.41, 5.74) is 2.00. The predicted octanol–water partition coefficient (Wildman–Crippen LogP) is 4.65. The summed E-state index contributed by atoms with van der Waals surface area (Å²) in [5, 5.41) is 3.64. The number of carbonyl (C=O) groups excluding carboxylic acids is 2. The minimum Gasteiger partial charge on any atom is -0.352 e.